The number of carbonyl (C=O) groups is 1. The predicted molar refractivity (Wildman–Crippen MR) is 71.9 cm³/mol. The van der Waals surface area contributed by atoms with Crippen molar-refractivity contribution in [2.24, 2.45) is 5.73 Å². The molecule has 0 spiro atoms. The van der Waals surface area contributed by atoms with E-state index in [0.29, 0.717) is 16.5 Å². The van der Waals surface area contributed by atoms with Crippen molar-refractivity contribution in [2.75, 3.05) is 0 Å². The molecule has 1 atom stereocenters. The second kappa shape index (κ2) is 6.83. The summed E-state index contributed by atoms with van der Waals surface area (Å²) in [4.78, 5) is 10.9. The standard InChI is InChI=1S/C11H14BrNO3.ClH/c1-2-3-9(13)7-4-6(12)5-8(10(7)14)11(15)16;/h4-5,9,14H,2-3,13H2,1H3,(H,15,16);1H/t9-;/m0./s1. The molecule has 0 unspecified atom stereocenters. The maximum atomic E-state index is 10.9. The van der Waals surface area contributed by atoms with Crippen LogP contribution in [0.25, 0.3) is 0 Å². The molecule has 96 valence electrons. The summed E-state index contributed by atoms with van der Waals surface area (Å²) in [7, 11) is 0. The Kier molecular flexibility index (Phi) is 6.52. The molecule has 0 aliphatic rings. The molecule has 1 aromatic carbocycles. The SMILES string of the molecule is CCC[C@H](N)c1cc(Br)cc(C(=O)O)c1O.Cl. The number of halogens is 2. The number of nitrogens with two attached hydrogens (primary N) is 1. The fourth-order valence-corrected chi connectivity index (χ4v) is 2.01. The highest BCUT2D eigenvalue weighted by molar-refractivity contribution is 9.10. The van der Waals surface area contributed by atoms with E-state index < -0.39 is 5.97 Å². The minimum atomic E-state index is -1.16. The molecule has 4 N–H and O–H groups in total. The Morgan fingerprint density at radius 2 is 2.12 bits per heavy atom. The van der Waals surface area contributed by atoms with Crippen LogP contribution in [-0.2, 0) is 0 Å². The summed E-state index contributed by atoms with van der Waals surface area (Å²) in [6.45, 7) is 1.98. The Labute approximate surface area is 114 Å². The van der Waals surface area contributed by atoms with E-state index in [4.69, 9.17) is 10.8 Å². The van der Waals surface area contributed by atoms with E-state index >= 15 is 0 Å². The summed E-state index contributed by atoms with van der Waals surface area (Å²) in [6.07, 6.45) is 1.57. The highest BCUT2D eigenvalue weighted by Crippen LogP contribution is 2.32. The fourth-order valence-electron chi connectivity index (χ4n) is 1.53. The van der Waals surface area contributed by atoms with Gasteiger partial charge >= 0.3 is 5.97 Å². The third kappa shape index (κ3) is 3.87. The number of carboxylic acids is 1. The zero-order chi connectivity index (χ0) is 12.3. The van der Waals surface area contributed by atoms with Gasteiger partial charge in [0.05, 0.1) is 0 Å². The predicted octanol–water partition coefficient (Wildman–Crippen LogP) is 3.07. The van der Waals surface area contributed by atoms with E-state index in [2.05, 4.69) is 15.9 Å². The zero-order valence-corrected chi connectivity index (χ0v) is 11.7. The van der Waals surface area contributed by atoms with Gasteiger partial charge in [0.2, 0.25) is 0 Å². The molecule has 0 saturated carbocycles. The quantitative estimate of drug-likeness (QED) is 0.794. The van der Waals surface area contributed by atoms with E-state index in [0.717, 1.165) is 6.42 Å². The Morgan fingerprint density at radius 1 is 1.53 bits per heavy atom. The van der Waals surface area contributed by atoms with Crippen molar-refractivity contribution in [3.05, 3.63) is 27.7 Å². The average Bonchev–Trinajstić information content (AvgIpc) is 2.20. The molecule has 6 heteroatoms. The zero-order valence-electron chi connectivity index (χ0n) is 9.31. The summed E-state index contributed by atoms with van der Waals surface area (Å²) < 4.78 is 0.601. The summed E-state index contributed by atoms with van der Waals surface area (Å²) in [5.41, 5.74) is 6.21. The van der Waals surface area contributed by atoms with Crippen molar-refractivity contribution in [3.63, 3.8) is 0 Å². The molecule has 0 aliphatic heterocycles. The van der Waals surface area contributed by atoms with Crippen molar-refractivity contribution in [3.8, 4) is 5.75 Å². The average molecular weight is 325 g/mol. The molecule has 1 rings (SSSR count). The van der Waals surface area contributed by atoms with E-state index in [1.54, 1.807) is 6.07 Å². The van der Waals surface area contributed by atoms with Crippen LogP contribution in [0.3, 0.4) is 0 Å². The van der Waals surface area contributed by atoms with Gasteiger partial charge in [-0.05, 0) is 18.6 Å². The fraction of sp³-hybridized carbons (Fsp3) is 0.364. The van der Waals surface area contributed by atoms with Crippen LogP contribution in [0.2, 0.25) is 0 Å². The normalized spacial score (nSPS) is 11.7. The highest BCUT2D eigenvalue weighted by atomic mass is 79.9. The first kappa shape index (κ1) is 16.2. The number of aromatic carboxylic acids is 1. The molecule has 0 bridgehead atoms. The molecule has 4 nitrogen and oxygen atoms in total. The Bertz CT molecular complexity index is 412. The molecule has 0 fully saturated rings. The van der Waals surface area contributed by atoms with Gasteiger partial charge < -0.3 is 15.9 Å². The molecule has 0 saturated heterocycles. The number of aromatic hydroxyl groups is 1. The third-order valence-electron chi connectivity index (χ3n) is 2.33. The molecular formula is C11H15BrClNO3. The lowest BCUT2D eigenvalue weighted by Gasteiger charge is -2.14. The first-order valence-corrected chi connectivity index (χ1v) is 5.78. The van der Waals surface area contributed by atoms with Crippen molar-refractivity contribution in [1.29, 1.82) is 0 Å². The first-order valence-electron chi connectivity index (χ1n) is 4.98. The van der Waals surface area contributed by atoms with Gasteiger partial charge in [-0.1, -0.05) is 29.3 Å². The van der Waals surface area contributed by atoms with Gasteiger partial charge in [0.25, 0.3) is 0 Å². The Morgan fingerprint density at radius 3 is 2.59 bits per heavy atom. The summed E-state index contributed by atoms with van der Waals surface area (Å²) in [6, 6.07) is 2.67. The van der Waals surface area contributed by atoms with Crippen molar-refractivity contribution >= 4 is 34.3 Å². The number of phenols is 1. The third-order valence-corrected chi connectivity index (χ3v) is 2.79. The minimum Gasteiger partial charge on any atom is -0.507 e. The number of hydrogen-bond donors (Lipinski definition) is 3. The van der Waals surface area contributed by atoms with Gasteiger partial charge in [-0.2, -0.15) is 0 Å². The van der Waals surface area contributed by atoms with E-state index in [1.807, 2.05) is 6.92 Å². The van der Waals surface area contributed by atoms with Crippen LogP contribution in [0.5, 0.6) is 5.75 Å². The van der Waals surface area contributed by atoms with Gasteiger partial charge in [-0.3, -0.25) is 0 Å². The lowest BCUT2D eigenvalue weighted by molar-refractivity contribution is 0.0693. The molecule has 0 heterocycles. The monoisotopic (exact) mass is 323 g/mol. The molecule has 0 aliphatic carbocycles. The van der Waals surface area contributed by atoms with Gasteiger partial charge in [0, 0.05) is 16.1 Å². The number of benzene rings is 1. The van der Waals surface area contributed by atoms with Crippen LogP contribution >= 0.6 is 28.3 Å². The molecule has 0 aromatic heterocycles. The number of carboxylic acid groups (broad SMARTS) is 1. The molecule has 0 radical (unpaired) electrons. The van der Waals surface area contributed by atoms with Crippen LogP contribution < -0.4 is 5.73 Å². The number of hydrogen-bond acceptors (Lipinski definition) is 3. The van der Waals surface area contributed by atoms with Crippen LogP contribution in [0.4, 0.5) is 0 Å². The topological polar surface area (TPSA) is 83.6 Å². The number of rotatable bonds is 4. The second-order valence-electron chi connectivity index (χ2n) is 3.59. The van der Waals surface area contributed by atoms with Crippen LogP contribution in [0.15, 0.2) is 16.6 Å². The lowest BCUT2D eigenvalue weighted by Crippen LogP contribution is -2.11. The van der Waals surface area contributed by atoms with E-state index in [-0.39, 0.29) is 29.8 Å². The van der Waals surface area contributed by atoms with E-state index in [1.165, 1.54) is 6.07 Å². The molecule has 0 amide bonds. The minimum absolute atomic E-state index is 0. The van der Waals surface area contributed by atoms with Crippen molar-refractivity contribution < 1.29 is 15.0 Å². The van der Waals surface area contributed by atoms with Crippen molar-refractivity contribution in [2.45, 2.75) is 25.8 Å². The molecular weight excluding hydrogens is 309 g/mol. The summed E-state index contributed by atoms with van der Waals surface area (Å²) in [5.74, 6) is -1.40. The molecule has 1 aromatic rings. The summed E-state index contributed by atoms with van der Waals surface area (Å²) >= 11 is 3.20. The van der Waals surface area contributed by atoms with Gasteiger partial charge in [0.1, 0.15) is 11.3 Å². The van der Waals surface area contributed by atoms with Gasteiger partial charge in [0.15, 0.2) is 0 Å². The van der Waals surface area contributed by atoms with Crippen LogP contribution in [-0.4, -0.2) is 16.2 Å². The largest absolute Gasteiger partial charge is 0.507 e. The lowest BCUT2D eigenvalue weighted by atomic mass is 9.99. The van der Waals surface area contributed by atoms with Gasteiger partial charge in [-0.25, -0.2) is 4.79 Å². The second-order valence-corrected chi connectivity index (χ2v) is 4.51. The Hall–Kier alpha value is -0.780. The van der Waals surface area contributed by atoms with Crippen LogP contribution in [0, 0.1) is 0 Å². The van der Waals surface area contributed by atoms with Gasteiger partial charge in [-0.15, -0.1) is 12.4 Å². The smallest absolute Gasteiger partial charge is 0.339 e. The van der Waals surface area contributed by atoms with Crippen LogP contribution in [0.1, 0.15) is 41.7 Å². The summed E-state index contributed by atoms with van der Waals surface area (Å²) in [5, 5.41) is 18.7. The van der Waals surface area contributed by atoms with Crippen molar-refractivity contribution in [1.82, 2.24) is 0 Å². The highest BCUT2D eigenvalue weighted by Gasteiger charge is 2.18. The maximum Gasteiger partial charge on any atom is 0.339 e. The van der Waals surface area contributed by atoms with E-state index in [9.17, 15) is 9.90 Å². The molecule has 17 heavy (non-hydrogen) atoms. The Balaban J connectivity index is 0.00000256. The first-order chi connectivity index (χ1) is 7.47. The maximum absolute atomic E-state index is 10.9.